The number of carbonyl (C=O) groups is 4. The number of ether oxygens (including phenoxy) is 1. The number of carboxylic acids is 1. The van der Waals surface area contributed by atoms with E-state index in [0.717, 1.165) is 30.8 Å². The van der Waals surface area contributed by atoms with Gasteiger partial charge in [0.25, 0.3) is 11.5 Å². The van der Waals surface area contributed by atoms with Crippen molar-refractivity contribution in [3.8, 4) is 5.88 Å². The third-order valence-corrected chi connectivity index (χ3v) is 6.59. The highest BCUT2D eigenvalue weighted by Crippen LogP contribution is 2.32. The van der Waals surface area contributed by atoms with E-state index in [2.05, 4.69) is 20.6 Å². The summed E-state index contributed by atoms with van der Waals surface area (Å²) in [5, 5.41) is 22.1. The van der Waals surface area contributed by atoms with Gasteiger partial charge in [-0.15, -0.1) is 0 Å². The lowest BCUT2D eigenvalue weighted by Gasteiger charge is -2.14. The van der Waals surface area contributed by atoms with Crippen molar-refractivity contribution >= 4 is 46.4 Å². The van der Waals surface area contributed by atoms with E-state index in [0.29, 0.717) is 16.8 Å². The second-order valence-corrected chi connectivity index (χ2v) is 9.92. The van der Waals surface area contributed by atoms with Crippen molar-refractivity contribution in [3.05, 3.63) is 91.9 Å². The minimum atomic E-state index is -1.22. The van der Waals surface area contributed by atoms with Gasteiger partial charge < -0.3 is 25.6 Å². The predicted octanol–water partition coefficient (Wildman–Crippen LogP) is 1.88. The molecule has 1 aliphatic heterocycles. The smallest absolute Gasteiger partial charge is 0.338 e. The molecular formula is C27H26FN5O9S. The Morgan fingerprint density at radius 2 is 1.70 bits per heavy atom. The van der Waals surface area contributed by atoms with Crippen LogP contribution in [-0.2, 0) is 19.1 Å². The number of anilines is 1. The van der Waals surface area contributed by atoms with Crippen LogP contribution in [0.15, 0.2) is 63.1 Å². The van der Waals surface area contributed by atoms with Gasteiger partial charge in [-0.1, -0.05) is 23.9 Å². The van der Waals surface area contributed by atoms with Crippen molar-refractivity contribution in [2.24, 2.45) is 4.99 Å². The zero-order valence-corrected chi connectivity index (χ0v) is 23.5. The van der Waals surface area contributed by atoms with E-state index in [1.807, 2.05) is 4.98 Å². The molecule has 1 aliphatic rings. The van der Waals surface area contributed by atoms with Gasteiger partial charge in [0.2, 0.25) is 17.7 Å². The van der Waals surface area contributed by atoms with Crippen LogP contribution in [0.3, 0.4) is 0 Å². The van der Waals surface area contributed by atoms with Gasteiger partial charge in [-0.05, 0) is 48.9 Å². The van der Waals surface area contributed by atoms with Crippen LogP contribution in [0.5, 0.6) is 5.88 Å². The Balaban J connectivity index is 0.00000119. The Morgan fingerprint density at radius 3 is 2.28 bits per heavy atom. The molecule has 2 unspecified atom stereocenters. The van der Waals surface area contributed by atoms with E-state index in [-0.39, 0.29) is 23.8 Å². The van der Waals surface area contributed by atoms with Crippen LogP contribution < -0.4 is 21.9 Å². The number of benzene rings is 2. The topological polar surface area (TPSA) is 220 Å². The maximum absolute atomic E-state index is 13.5. The van der Waals surface area contributed by atoms with Crippen LogP contribution in [0.2, 0.25) is 0 Å². The van der Waals surface area contributed by atoms with E-state index < -0.39 is 58.0 Å². The van der Waals surface area contributed by atoms with E-state index in [1.165, 1.54) is 36.4 Å². The number of nitrogens with one attached hydrogen (secondary N) is 4. The Kier molecular flexibility index (Phi) is 10.9. The number of nitrogens with zero attached hydrogens (tertiary/aromatic N) is 1. The number of aromatic hydroxyl groups is 1. The third kappa shape index (κ3) is 9.12. The molecule has 0 radical (unpaired) electrons. The number of aliphatic imine (C=N–C) groups is 1. The third-order valence-electron chi connectivity index (χ3n) is 5.49. The van der Waals surface area contributed by atoms with Gasteiger partial charge >= 0.3 is 11.7 Å². The molecule has 6 N–H and O–H groups in total. The molecule has 43 heavy (non-hydrogen) atoms. The number of aromatic amines is 2. The molecule has 2 atom stereocenters. The number of carbonyl (C=O) groups excluding carboxylic acids is 3. The molecule has 0 saturated carbocycles. The van der Waals surface area contributed by atoms with E-state index in [1.54, 1.807) is 6.92 Å². The first-order valence-electron chi connectivity index (χ1n) is 12.5. The summed E-state index contributed by atoms with van der Waals surface area (Å²) in [6.45, 7) is 3.01. The highest BCUT2D eigenvalue weighted by Gasteiger charge is 2.34. The molecule has 226 valence electrons. The lowest BCUT2D eigenvalue weighted by atomic mass is 10.0. The summed E-state index contributed by atoms with van der Waals surface area (Å²) in [4.78, 5) is 78.4. The summed E-state index contributed by atoms with van der Waals surface area (Å²) in [7, 11) is 0. The zero-order chi connectivity index (χ0) is 31.7. The molecule has 1 aromatic heterocycles. The highest BCUT2D eigenvalue weighted by molar-refractivity contribution is 8.15. The number of amidine groups is 1. The Hall–Kier alpha value is -5.25. The van der Waals surface area contributed by atoms with Crippen molar-refractivity contribution in [1.29, 1.82) is 0 Å². The average molecular weight is 616 g/mol. The molecule has 1 saturated heterocycles. The Labute approximate surface area is 246 Å². The number of H-pyrrole nitrogens is 2. The van der Waals surface area contributed by atoms with Crippen molar-refractivity contribution in [3.63, 3.8) is 0 Å². The Morgan fingerprint density at radius 1 is 1.07 bits per heavy atom. The number of esters is 1. The second-order valence-electron chi connectivity index (χ2n) is 8.72. The second kappa shape index (κ2) is 14.6. The SMILES string of the molecule is CC(=O)O.CCOC(=O)c1ccc(NC(=O)CC2SC(=NC(c3ccc(F)cc3)c3c(O)[nH]c(=O)[nH]c3=O)NC2=O)cc1. The van der Waals surface area contributed by atoms with Crippen molar-refractivity contribution in [2.45, 2.75) is 31.6 Å². The lowest BCUT2D eigenvalue weighted by molar-refractivity contribution is -0.134. The maximum Gasteiger partial charge on any atom is 0.338 e. The van der Waals surface area contributed by atoms with Gasteiger partial charge in [0.1, 0.15) is 22.7 Å². The van der Waals surface area contributed by atoms with Crippen LogP contribution in [0.1, 0.15) is 47.8 Å². The van der Waals surface area contributed by atoms with Crippen LogP contribution in [-0.4, -0.2) is 61.0 Å². The number of carboxylic acid groups (broad SMARTS) is 1. The zero-order valence-electron chi connectivity index (χ0n) is 22.7. The average Bonchev–Trinajstić information content (AvgIpc) is 3.26. The highest BCUT2D eigenvalue weighted by atomic mass is 32.2. The number of aliphatic carboxylic acids is 1. The lowest BCUT2D eigenvalue weighted by Crippen LogP contribution is -2.29. The quantitative estimate of drug-likeness (QED) is 0.202. The first-order valence-corrected chi connectivity index (χ1v) is 13.4. The molecule has 0 spiro atoms. The molecule has 4 rings (SSSR count). The van der Waals surface area contributed by atoms with Gasteiger partial charge in [-0.2, -0.15) is 0 Å². The number of rotatable bonds is 8. The van der Waals surface area contributed by atoms with E-state index in [9.17, 15) is 33.5 Å². The molecule has 1 fully saturated rings. The monoisotopic (exact) mass is 615 g/mol. The molecule has 0 bridgehead atoms. The molecule has 2 amide bonds. The minimum absolute atomic E-state index is 0.0518. The summed E-state index contributed by atoms with van der Waals surface area (Å²) in [6.07, 6.45) is -0.221. The molecule has 14 nitrogen and oxygen atoms in total. The summed E-state index contributed by atoms with van der Waals surface area (Å²) in [5.41, 5.74) is -1.15. The van der Waals surface area contributed by atoms with Gasteiger partial charge in [0.15, 0.2) is 5.17 Å². The van der Waals surface area contributed by atoms with E-state index >= 15 is 0 Å². The van der Waals surface area contributed by atoms with Crippen LogP contribution in [0.25, 0.3) is 0 Å². The molecule has 2 heterocycles. The van der Waals surface area contributed by atoms with Crippen LogP contribution in [0, 0.1) is 5.82 Å². The standard InChI is InChI=1S/C25H22FN5O7S.C2H4O2/c1-2-38-23(36)13-5-9-15(10-6-13)27-17(32)11-16-20(33)31-25(39-16)28-19(12-3-7-14(26)8-4-12)18-21(34)29-24(37)30-22(18)35;1-2(3)4/h3-10,16,19H,2,11H2,1H3,(H,27,32)(H,28,31,33)(H3,29,30,34,35,37);1H3,(H,3,4). The summed E-state index contributed by atoms with van der Waals surface area (Å²) < 4.78 is 18.4. The summed E-state index contributed by atoms with van der Waals surface area (Å²) >= 11 is 0.933. The minimum Gasteiger partial charge on any atom is -0.494 e. The summed E-state index contributed by atoms with van der Waals surface area (Å²) in [6, 6.07) is 9.78. The first-order chi connectivity index (χ1) is 20.4. The number of hydrogen-bond donors (Lipinski definition) is 6. The van der Waals surface area contributed by atoms with Crippen LogP contribution in [0.4, 0.5) is 10.1 Å². The number of hydrogen-bond acceptors (Lipinski definition) is 10. The first kappa shape index (κ1) is 32.3. The van der Waals surface area contributed by atoms with Crippen molar-refractivity contribution in [2.75, 3.05) is 11.9 Å². The van der Waals surface area contributed by atoms with Gasteiger partial charge in [-0.3, -0.25) is 29.1 Å². The summed E-state index contributed by atoms with van der Waals surface area (Å²) in [5.74, 6) is -3.59. The normalized spacial score (nSPS) is 15.6. The molecule has 2 aromatic carbocycles. The van der Waals surface area contributed by atoms with Crippen molar-refractivity contribution < 1.29 is 38.5 Å². The number of halogens is 1. The molecular weight excluding hydrogens is 589 g/mol. The number of amides is 2. The largest absolute Gasteiger partial charge is 0.494 e. The fraction of sp³-hybridized carbons (Fsp3) is 0.222. The van der Waals surface area contributed by atoms with Gasteiger partial charge in [-0.25, -0.2) is 19.0 Å². The molecule has 3 aromatic rings. The molecule has 0 aliphatic carbocycles. The number of aromatic nitrogens is 2. The van der Waals surface area contributed by atoms with Crippen LogP contribution >= 0.6 is 11.8 Å². The van der Waals surface area contributed by atoms with E-state index in [4.69, 9.17) is 14.6 Å². The number of thioether (sulfide) groups is 1. The fourth-order valence-corrected chi connectivity index (χ4v) is 4.69. The predicted molar refractivity (Wildman–Crippen MR) is 154 cm³/mol. The van der Waals surface area contributed by atoms with Gasteiger partial charge in [0, 0.05) is 19.0 Å². The Bertz CT molecular complexity index is 1650. The molecule has 16 heteroatoms. The van der Waals surface area contributed by atoms with Crippen molar-refractivity contribution in [1.82, 2.24) is 15.3 Å². The fourth-order valence-electron chi connectivity index (χ4n) is 3.69. The van der Waals surface area contributed by atoms with Gasteiger partial charge in [0.05, 0.1) is 12.2 Å². The maximum atomic E-state index is 13.5.